The van der Waals surface area contributed by atoms with Crippen LogP contribution in [0.25, 0.3) is 0 Å². The lowest BCUT2D eigenvalue weighted by molar-refractivity contribution is 0.138. The van der Waals surface area contributed by atoms with Crippen molar-refractivity contribution >= 4 is 15.9 Å². The Morgan fingerprint density at radius 3 is 2.71 bits per heavy atom. The fourth-order valence-electron chi connectivity index (χ4n) is 3.20. The van der Waals surface area contributed by atoms with E-state index >= 15 is 0 Å². The third-order valence-electron chi connectivity index (χ3n) is 4.60. The van der Waals surface area contributed by atoms with Crippen LogP contribution in [0.2, 0.25) is 0 Å². The number of aryl methyl sites for hydroxylation is 1. The van der Waals surface area contributed by atoms with Crippen LogP contribution < -0.4 is 0 Å². The van der Waals surface area contributed by atoms with E-state index in [-0.39, 0.29) is 5.82 Å². The molecule has 24 heavy (non-hydrogen) atoms. The van der Waals surface area contributed by atoms with Crippen molar-refractivity contribution in [3.05, 3.63) is 69.4 Å². The molecule has 0 aromatic heterocycles. The van der Waals surface area contributed by atoms with E-state index in [2.05, 4.69) is 45.1 Å². The molecule has 0 radical (unpaired) electrons. The first-order valence-electron chi connectivity index (χ1n) is 8.43. The van der Waals surface area contributed by atoms with Gasteiger partial charge in [-0.3, -0.25) is 4.90 Å². The van der Waals surface area contributed by atoms with Gasteiger partial charge >= 0.3 is 0 Å². The van der Waals surface area contributed by atoms with Gasteiger partial charge in [-0.1, -0.05) is 46.3 Å². The summed E-state index contributed by atoms with van der Waals surface area (Å²) in [5.74, 6) is -0.134. The molecule has 1 heterocycles. The highest BCUT2D eigenvalue weighted by atomic mass is 79.9. The second kappa shape index (κ2) is 8.24. The summed E-state index contributed by atoms with van der Waals surface area (Å²) in [4.78, 5) is 2.36. The van der Waals surface area contributed by atoms with Crippen molar-refractivity contribution in [1.29, 1.82) is 0 Å². The molecule has 0 saturated carbocycles. The van der Waals surface area contributed by atoms with Crippen LogP contribution >= 0.6 is 15.9 Å². The van der Waals surface area contributed by atoms with Crippen LogP contribution in [0.4, 0.5) is 4.39 Å². The highest BCUT2D eigenvalue weighted by Gasteiger charge is 2.24. The zero-order valence-corrected chi connectivity index (χ0v) is 15.6. The molecule has 1 fully saturated rings. The summed E-state index contributed by atoms with van der Waals surface area (Å²) in [5.41, 5.74) is 2.98. The van der Waals surface area contributed by atoms with Crippen LogP contribution in [0, 0.1) is 12.7 Å². The van der Waals surface area contributed by atoms with Crippen LogP contribution in [0.5, 0.6) is 0 Å². The minimum atomic E-state index is -0.134. The Balaban J connectivity index is 1.75. The summed E-state index contributed by atoms with van der Waals surface area (Å²) in [6.45, 7) is 4.95. The third kappa shape index (κ3) is 4.44. The topological polar surface area (TPSA) is 12.5 Å². The number of rotatable bonds is 6. The highest BCUT2D eigenvalue weighted by molar-refractivity contribution is 9.10. The molecule has 1 atom stereocenters. The monoisotopic (exact) mass is 391 g/mol. The Bertz CT molecular complexity index is 648. The molecule has 1 unspecified atom stereocenters. The van der Waals surface area contributed by atoms with Crippen LogP contribution in [0.15, 0.2) is 46.9 Å². The van der Waals surface area contributed by atoms with Crippen molar-refractivity contribution in [2.45, 2.75) is 32.4 Å². The van der Waals surface area contributed by atoms with Crippen LogP contribution in [-0.4, -0.2) is 30.7 Å². The molecule has 0 aliphatic carbocycles. The molecule has 3 rings (SSSR count). The van der Waals surface area contributed by atoms with Gasteiger partial charge in [-0.25, -0.2) is 4.39 Å². The Kier molecular flexibility index (Phi) is 6.04. The van der Waals surface area contributed by atoms with Crippen molar-refractivity contribution in [2.75, 3.05) is 19.8 Å². The van der Waals surface area contributed by atoms with Gasteiger partial charge in [0.15, 0.2) is 0 Å². The van der Waals surface area contributed by atoms with Crippen LogP contribution in [0.3, 0.4) is 0 Å². The van der Waals surface area contributed by atoms with E-state index in [0.29, 0.717) is 12.6 Å². The third-order valence-corrected chi connectivity index (χ3v) is 5.31. The number of hydrogen-bond acceptors (Lipinski definition) is 2. The molecule has 0 amide bonds. The molecule has 1 aliphatic heterocycles. The maximum Gasteiger partial charge on any atom is 0.129 e. The minimum absolute atomic E-state index is 0.134. The number of hydrogen-bond donors (Lipinski definition) is 0. The zero-order valence-electron chi connectivity index (χ0n) is 14.0. The molecule has 2 aromatic rings. The van der Waals surface area contributed by atoms with Gasteiger partial charge in [0.25, 0.3) is 0 Å². The normalized spacial score (nSPS) is 17.6. The summed E-state index contributed by atoms with van der Waals surface area (Å²) in [6.07, 6.45) is 1.97. The lowest BCUT2D eigenvalue weighted by Gasteiger charge is -2.28. The number of ether oxygens (including phenoxy) is 1. The van der Waals surface area contributed by atoms with Crippen molar-refractivity contribution in [2.24, 2.45) is 0 Å². The Labute approximate surface area is 151 Å². The smallest absolute Gasteiger partial charge is 0.129 e. The largest absolute Gasteiger partial charge is 0.380 e. The fraction of sp³-hybridized carbons (Fsp3) is 0.400. The molecular weight excluding hydrogens is 369 g/mol. The average Bonchev–Trinajstić information content (AvgIpc) is 3.09. The predicted octanol–water partition coefficient (Wildman–Crippen LogP) is 4.73. The van der Waals surface area contributed by atoms with E-state index in [1.54, 1.807) is 6.07 Å². The van der Waals surface area contributed by atoms with E-state index in [9.17, 15) is 4.39 Å². The lowest BCUT2D eigenvalue weighted by atomic mass is 10.1. The zero-order chi connectivity index (χ0) is 16.9. The van der Waals surface area contributed by atoms with Gasteiger partial charge in [0.05, 0.1) is 6.61 Å². The number of benzene rings is 2. The maximum absolute atomic E-state index is 14.4. The molecule has 2 aromatic carbocycles. The van der Waals surface area contributed by atoms with Crippen molar-refractivity contribution < 1.29 is 9.13 Å². The number of nitrogens with zero attached hydrogens (tertiary/aromatic N) is 1. The highest BCUT2D eigenvalue weighted by Crippen LogP contribution is 2.26. The average molecular weight is 392 g/mol. The first-order valence-corrected chi connectivity index (χ1v) is 9.23. The van der Waals surface area contributed by atoms with Gasteiger partial charge in [-0.2, -0.15) is 0 Å². The molecule has 1 aliphatic rings. The molecule has 4 heteroatoms. The van der Waals surface area contributed by atoms with E-state index < -0.39 is 0 Å². The Morgan fingerprint density at radius 1 is 1.25 bits per heavy atom. The molecule has 128 valence electrons. The Hall–Kier alpha value is -1.23. The second-order valence-corrected chi connectivity index (χ2v) is 7.28. The van der Waals surface area contributed by atoms with Gasteiger partial charge in [-0.15, -0.1) is 0 Å². The van der Waals surface area contributed by atoms with Crippen molar-refractivity contribution in [3.8, 4) is 0 Å². The first kappa shape index (κ1) is 17.6. The molecule has 2 nitrogen and oxygen atoms in total. The van der Waals surface area contributed by atoms with Crippen LogP contribution in [-0.2, 0) is 17.7 Å². The van der Waals surface area contributed by atoms with Gasteiger partial charge in [0.1, 0.15) is 5.82 Å². The summed E-state index contributed by atoms with van der Waals surface area (Å²) in [5, 5.41) is 0. The molecule has 1 saturated heterocycles. The second-order valence-electron chi connectivity index (χ2n) is 6.43. The standard InChI is InChI=1S/C20H23BrFNO/c1-15-11-19(21)18(20(22)12-15)13-23(17-8-10-24-14-17)9-7-16-5-3-2-4-6-16/h2-6,11-12,17H,7-10,13-14H2,1H3. The van der Waals surface area contributed by atoms with E-state index in [1.807, 2.05) is 19.1 Å². The van der Waals surface area contributed by atoms with E-state index in [4.69, 9.17) is 4.74 Å². The SMILES string of the molecule is Cc1cc(F)c(CN(CCc2ccccc2)C2CCOC2)c(Br)c1. The fourth-order valence-corrected chi connectivity index (χ4v) is 3.88. The first-order chi connectivity index (χ1) is 11.6. The number of halogens is 2. The molecule has 0 bridgehead atoms. The summed E-state index contributed by atoms with van der Waals surface area (Å²) in [6, 6.07) is 14.4. The van der Waals surface area contributed by atoms with Gasteiger partial charge in [0.2, 0.25) is 0 Å². The van der Waals surface area contributed by atoms with E-state index in [0.717, 1.165) is 48.2 Å². The minimum Gasteiger partial charge on any atom is -0.380 e. The Morgan fingerprint density at radius 2 is 2.04 bits per heavy atom. The summed E-state index contributed by atoms with van der Waals surface area (Å²) >= 11 is 3.53. The van der Waals surface area contributed by atoms with Gasteiger partial charge in [0, 0.05) is 35.8 Å². The van der Waals surface area contributed by atoms with Crippen molar-refractivity contribution in [3.63, 3.8) is 0 Å². The molecule has 0 N–H and O–H groups in total. The van der Waals surface area contributed by atoms with Gasteiger partial charge < -0.3 is 4.74 Å². The summed E-state index contributed by atoms with van der Waals surface area (Å²) in [7, 11) is 0. The lowest BCUT2D eigenvalue weighted by Crippen LogP contribution is -2.37. The quantitative estimate of drug-likeness (QED) is 0.705. The molecule has 0 spiro atoms. The predicted molar refractivity (Wildman–Crippen MR) is 98.6 cm³/mol. The molecular formula is C20H23BrFNO. The van der Waals surface area contributed by atoms with Crippen molar-refractivity contribution in [1.82, 2.24) is 4.90 Å². The van der Waals surface area contributed by atoms with E-state index in [1.165, 1.54) is 5.56 Å². The van der Waals surface area contributed by atoms with Gasteiger partial charge in [-0.05, 0) is 43.0 Å². The summed E-state index contributed by atoms with van der Waals surface area (Å²) < 4.78 is 20.8. The van der Waals surface area contributed by atoms with Crippen LogP contribution in [0.1, 0.15) is 23.1 Å². The maximum atomic E-state index is 14.4.